The number of carbonyl (C=O) groups excluding carboxylic acids is 2. The minimum Gasteiger partial charge on any atom is -0.507 e. The Kier molecular flexibility index (Phi) is 10.9. The zero-order valence-electron chi connectivity index (χ0n) is 28.8. The van der Waals surface area contributed by atoms with Crippen molar-refractivity contribution in [3.05, 3.63) is 155 Å². The largest absolute Gasteiger partial charge is 0.507 e. The minimum atomic E-state index is -0.684. The summed E-state index contributed by atoms with van der Waals surface area (Å²) >= 11 is 0. The second-order valence-electron chi connectivity index (χ2n) is 12.9. The van der Waals surface area contributed by atoms with Gasteiger partial charge in [-0.05, 0) is 41.0 Å². The van der Waals surface area contributed by atoms with Crippen LogP contribution in [0.15, 0.2) is 121 Å². The van der Waals surface area contributed by atoms with Gasteiger partial charge in [-0.25, -0.2) is 0 Å². The van der Waals surface area contributed by atoms with E-state index in [0.717, 1.165) is 16.7 Å². The van der Waals surface area contributed by atoms with Crippen LogP contribution in [0.1, 0.15) is 61.9 Å². The molecular formula is C43H40O9. The summed E-state index contributed by atoms with van der Waals surface area (Å²) in [5, 5.41) is 11.2. The fourth-order valence-corrected chi connectivity index (χ4v) is 6.67. The van der Waals surface area contributed by atoms with Gasteiger partial charge in [0.2, 0.25) is 0 Å². The minimum absolute atomic E-state index is 0.102. The van der Waals surface area contributed by atoms with Gasteiger partial charge in [0, 0.05) is 18.1 Å². The van der Waals surface area contributed by atoms with Crippen LogP contribution in [-0.4, -0.2) is 48.7 Å². The van der Waals surface area contributed by atoms with Gasteiger partial charge in [-0.1, -0.05) is 91.0 Å². The fourth-order valence-electron chi connectivity index (χ4n) is 6.67. The first kappa shape index (κ1) is 34.9. The van der Waals surface area contributed by atoms with Crippen molar-refractivity contribution < 1.29 is 43.1 Å². The van der Waals surface area contributed by atoms with Crippen LogP contribution in [0.4, 0.5) is 0 Å². The molecule has 0 bridgehead atoms. The predicted molar refractivity (Wildman–Crippen MR) is 193 cm³/mol. The lowest BCUT2D eigenvalue weighted by molar-refractivity contribution is -0.182. The summed E-state index contributed by atoms with van der Waals surface area (Å²) in [6.07, 6.45) is -2.01. The number of phenolic OH excluding ortho intramolecular Hbond substituents is 1. The van der Waals surface area contributed by atoms with Crippen molar-refractivity contribution in [2.24, 2.45) is 0 Å². The normalized spacial score (nSPS) is 18.9. The molecule has 0 aromatic heterocycles. The van der Waals surface area contributed by atoms with E-state index in [4.69, 9.17) is 28.4 Å². The summed E-state index contributed by atoms with van der Waals surface area (Å²) in [5.41, 5.74) is 3.81. The molecule has 0 amide bonds. The first-order valence-electron chi connectivity index (χ1n) is 17.3. The third-order valence-electron chi connectivity index (χ3n) is 9.26. The number of aromatic hydroxyl groups is 1. The summed E-state index contributed by atoms with van der Waals surface area (Å²) in [4.78, 5) is 27.1. The van der Waals surface area contributed by atoms with Crippen molar-refractivity contribution >= 4 is 11.6 Å². The summed E-state index contributed by atoms with van der Waals surface area (Å²) < 4.78 is 37.2. The number of benzene rings is 5. The zero-order valence-corrected chi connectivity index (χ0v) is 28.8. The van der Waals surface area contributed by atoms with Crippen LogP contribution in [0.25, 0.3) is 0 Å². The molecule has 1 saturated heterocycles. The smallest absolute Gasteiger partial charge is 0.178 e. The van der Waals surface area contributed by atoms with Gasteiger partial charge in [0.05, 0.1) is 45.0 Å². The number of hydrogen-bond acceptors (Lipinski definition) is 9. The molecule has 0 spiro atoms. The molecule has 1 fully saturated rings. The Morgan fingerprint density at radius 1 is 0.769 bits per heavy atom. The van der Waals surface area contributed by atoms with Crippen LogP contribution in [0, 0.1) is 0 Å². The molecule has 7 rings (SSSR count). The molecule has 0 saturated carbocycles. The van der Waals surface area contributed by atoms with Gasteiger partial charge in [-0.2, -0.15) is 0 Å². The molecule has 2 heterocycles. The maximum Gasteiger partial charge on any atom is 0.178 e. The Morgan fingerprint density at radius 3 is 2.02 bits per heavy atom. The second-order valence-corrected chi connectivity index (χ2v) is 12.9. The number of Topliss-reactive ketones (excluding diaryl/α,β-unsaturated/α-hetero) is 2. The lowest BCUT2D eigenvalue weighted by Crippen LogP contribution is -2.46. The predicted octanol–water partition coefficient (Wildman–Crippen LogP) is 7.83. The van der Waals surface area contributed by atoms with E-state index in [-0.39, 0.29) is 23.2 Å². The first-order chi connectivity index (χ1) is 25.5. The van der Waals surface area contributed by atoms with E-state index < -0.39 is 36.3 Å². The quantitative estimate of drug-likeness (QED) is 0.0863. The van der Waals surface area contributed by atoms with E-state index in [0.29, 0.717) is 55.5 Å². The average Bonchev–Trinajstić information content (AvgIpc) is 3.55. The highest BCUT2D eigenvalue weighted by Crippen LogP contribution is 2.53. The Bertz CT molecular complexity index is 1960. The van der Waals surface area contributed by atoms with Crippen molar-refractivity contribution in [2.75, 3.05) is 13.7 Å². The van der Waals surface area contributed by atoms with Gasteiger partial charge >= 0.3 is 0 Å². The van der Waals surface area contributed by atoms with Crippen molar-refractivity contribution in [3.8, 4) is 23.0 Å². The fraction of sp³-hybridized carbons (Fsp3) is 0.256. The monoisotopic (exact) mass is 700 g/mol. The lowest BCUT2D eigenvalue weighted by atomic mass is 9.91. The van der Waals surface area contributed by atoms with Crippen molar-refractivity contribution in [2.45, 2.75) is 57.1 Å². The summed E-state index contributed by atoms with van der Waals surface area (Å²) in [7, 11) is 1.42. The molecule has 9 nitrogen and oxygen atoms in total. The Balaban J connectivity index is 1.08. The molecule has 0 aliphatic carbocycles. The van der Waals surface area contributed by atoms with Crippen LogP contribution in [0.2, 0.25) is 0 Å². The van der Waals surface area contributed by atoms with Crippen LogP contribution in [0.5, 0.6) is 23.0 Å². The number of methoxy groups -OCH3 is 1. The highest BCUT2D eigenvalue weighted by Gasteiger charge is 2.50. The lowest BCUT2D eigenvalue weighted by Gasteiger charge is -2.37. The molecule has 2 aliphatic heterocycles. The topological polar surface area (TPSA) is 110 Å². The van der Waals surface area contributed by atoms with E-state index in [1.165, 1.54) is 13.2 Å². The number of fused-ring (bicyclic) bond motifs is 3. The third kappa shape index (κ3) is 8.02. The number of hydrogen-bond donors (Lipinski definition) is 1. The molecule has 5 aromatic carbocycles. The Morgan fingerprint density at radius 2 is 1.38 bits per heavy atom. The third-order valence-corrected chi connectivity index (χ3v) is 9.26. The highest BCUT2D eigenvalue weighted by molar-refractivity contribution is 6.15. The molecule has 4 atom stereocenters. The molecule has 5 aromatic rings. The molecule has 266 valence electrons. The summed E-state index contributed by atoms with van der Waals surface area (Å²) in [5.74, 6) is -0.308. The highest BCUT2D eigenvalue weighted by atomic mass is 16.6. The van der Waals surface area contributed by atoms with Gasteiger partial charge < -0.3 is 33.5 Å². The van der Waals surface area contributed by atoms with Crippen LogP contribution in [-0.2, 0) is 34.0 Å². The number of carbonyl (C=O) groups is 2. The van der Waals surface area contributed by atoms with Crippen LogP contribution in [0.3, 0.4) is 0 Å². The first-order valence-corrected chi connectivity index (χ1v) is 17.3. The number of ether oxygens (including phenoxy) is 6. The zero-order chi connectivity index (χ0) is 35.9. The maximum absolute atomic E-state index is 13.8. The van der Waals surface area contributed by atoms with E-state index in [9.17, 15) is 14.7 Å². The molecular weight excluding hydrogens is 660 g/mol. The standard InChI is InChI=1S/C43H40O9/c1-47-42-39(35(45)22-34(44)31-17-19-32(20-18-31)49-25-29-13-7-3-8-14-29)36(46)23-37-40(42)43-41(52-37)38(50-26-30-15-9-4-10-16-30)21-33(51-43)27-48-24-28-11-5-2-6-12-28/h2-20,23,33,38,41,43,46H,21-22,24-27H2,1H3/t33-,38-,41-,43?/m0/s1. The second kappa shape index (κ2) is 16.2. The van der Waals surface area contributed by atoms with Crippen molar-refractivity contribution in [1.29, 1.82) is 0 Å². The number of phenols is 1. The van der Waals surface area contributed by atoms with Gasteiger partial charge in [-0.3, -0.25) is 9.59 Å². The van der Waals surface area contributed by atoms with Gasteiger partial charge in [0.15, 0.2) is 17.7 Å². The van der Waals surface area contributed by atoms with Gasteiger partial charge in [0.1, 0.15) is 47.4 Å². The van der Waals surface area contributed by atoms with Gasteiger partial charge in [0.25, 0.3) is 0 Å². The van der Waals surface area contributed by atoms with Crippen LogP contribution >= 0.6 is 0 Å². The Labute approximate surface area is 302 Å². The SMILES string of the molecule is COc1c(C(=O)CC(=O)c2ccc(OCc3ccccc3)cc2)c(O)cc2c1C1O[C@H](COCc3ccccc3)C[C@H](OCc3ccccc3)[C@@H]1O2. The maximum atomic E-state index is 13.8. The van der Waals surface area contributed by atoms with Crippen molar-refractivity contribution in [3.63, 3.8) is 0 Å². The number of ketones is 2. The molecule has 1 N–H and O–H groups in total. The average molecular weight is 701 g/mol. The summed E-state index contributed by atoms with van der Waals surface area (Å²) in [6, 6.07) is 37.6. The molecule has 0 radical (unpaired) electrons. The molecule has 52 heavy (non-hydrogen) atoms. The van der Waals surface area contributed by atoms with E-state index >= 15 is 0 Å². The van der Waals surface area contributed by atoms with E-state index in [2.05, 4.69) is 0 Å². The van der Waals surface area contributed by atoms with Crippen LogP contribution < -0.4 is 14.2 Å². The Hall–Kier alpha value is -5.48. The van der Waals surface area contributed by atoms with Crippen molar-refractivity contribution in [1.82, 2.24) is 0 Å². The molecule has 1 unspecified atom stereocenters. The van der Waals surface area contributed by atoms with E-state index in [1.54, 1.807) is 24.3 Å². The van der Waals surface area contributed by atoms with Gasteiger partial charge in [-0.15, -0.1) is 0 Å². The number of rotatable bonds is 15. The van der Waals surface area contributed by atoms with E-state index in [1.807, 2.05) is 91.0 Å². The molecule has 2 aliphatic rings. The molecule has 9 heteroatoms. The summed E-state index contributed by atoms with van der Waals surface area (Å²) in [6.45, 7) is 1.47.